The average Bonchev–Trinajstić information content (AvgIpc) is 2.38. The Balaban J connectivity index is 1.94. The first-order chi connectivity index (χ1) is 7.88. The van der Waals surface area contributed by atoms with Crippen LogP contribution in [0.25, 0.3) is 0 Å². The van der Waals surface area contributed by atoms with Crippen molar-refractivity contribution in [1.29, 1.82) is 0 Å². The molecule has 3 heteroatoms. The number of rotatable bonds is 4. The Morgan fingerprint density at radius 1 is 1.19 bits per heavy atom. The van der Waals surface area contributed by atoms with Crippen LogP contribution in [0.1, 0.15) is 12.5 Å². The summed E-state index contributed by atoms with van der Waals surface area (Å²) in [6.45, 7) is 2.16. The first kappa shape index (κ1) is 11.0. The lowest BCUT2D eigenvalue weighted by Gasteiger charge is -2.05. The van der Waals surface area contributed by atoms with Crippen molar-refractivity contribution in [2.75, 3.05) is 4.72 Å². The van der Waals surface area contributed by atoms with Crippen LogP contribution in [-0.2, 0) is 6.42 Å². The molecule has 0 fully saturated rings. The molecule has 0 aliphatic carbocycles. The van der Waals surface area contributed by atoms with Crippen molar-refractivity contribution in [1.82, 2.24) is 4.98 Å². The highest BCUT2D eigenvalue weighted by Crippen LogP contribution is 2.20. The van der Waals surface area contributed by atoms with Gasteiger partial charge in [0.25, 0.3) is 0 Å². The van der Waals surface area contributed by atoms with Crippen LogP contribution in [0.15, 0.2) is 53.7 Å². The van der Waals surface area contributed by atoms with E-state index in [-0.39, 0.29) is 0 Å². The molecule has 2 aromatic rings. The quantitative estimate of drug-likeness (QED) is 0.809. The molecular formula is C13H14N2S. The lowest BCUT2D eigenvalue weighted by Crippen LogP contribution is -1.87. The van der Waals surface area contributed by atoms with E-state index in [4.69, 9.17) is 0 Å². The van der Waals surface area contributed by atoms with Crippen LogP contribution < -0.4 is 4.72 Å². The van der Waals surface area contributed by atoms with E-state index in [9.17, 15) is 0 Å². The fraction of sp³-hybridized carbons (Fsp3) is 0.154. The average molecular weight is 230 g/mol. The summed E-state index contributed by atoms with van der Waals surface area (Å²) >= 11 is 1.60. The molecule has 0 saturated heterocycles. The van der Waals surface area contributed by atoms with Gasteiger partial charge in [0.05, 0.1) is 11.9 Å². The van der Waals surface area contributed by atoms with E-state index in [0.717, 1.165) is 12.1 Å². The van der Waals surface area contributed by atoms with Crippen LogP contribution in [0.4, 0.5) is 5.69 Å². The molecule has 2 rings (SSSR count). The highest BCUT2D eigenvalue weighted by Gasteiger charge is 1.95. The largest absolute Gasteiger partial charge is 0.324 e. The summed E-state index contributed by atoms with van der Waals surface area (Å²) in [5.74, 6) is 0. The normalized spacial score (nSPS) is 10.1. The van der Waals surface area contributed by atoms with Gasteiger partial charge in [-0.05, 0) is 48.2 Å². The predicted octanol–water partition coefficient (Wildman–Crippen LogP) is 3.76. The SMILES string of the molecule is CCc1ccc(SNc2cccnc2)cc1. The molecule has 16 heavy (non-hydrogen) atoms. The third-order valence-corrected chi connectivity index (χ3v) is 3.13. The summed E-state index contributed by atoms with van der Waals surface area (Å²) < 4.78 is 3.25. The second kappa shape index (κ2) is 5.56. The highest BCUT2D eigenvalue weighted by atomic mass is 32.2. The van der Waals surface area contributed by atoms with Gasteiger partial charge >= 0.3 is 0 Å². The number of anilines is 1. The van der Waals surface area contributed by atoms with E-state index in [2.05, 4.69) is 40.9 Å². The maximum Gasteiger partial charge on any atom is 0.0628 e. The fourth-order valence-corrected chi connectivity index (χ4v) is 1.96. The zero-order chi connectivity index (χ0) is 11.2. The van der Waals surface area contributed by atoms with Crippen molar-refractivity contribution in [2.45, 2.75) is 18.2 Å². The van der Waals surface area contributed by atoms with Crippen LogP contribution >= 0.6 is 11.9 Å². The van der Waals surface area contributed by atoms with Gasteiger partial charge in [0, 0.05) is 11.1 Å². The molecule has 0 bridgehead atoms. The summed E-state index contributed by atoms with van der Waals surface area (Å²) in [6, 6.07) is 12.5. The van der Waals surface area contributed by atoms with Crippen LogP contribution in [0.5, 0.6) is 0 Å². The van der Waals surface area contributed by atoms with E-state index in [0.29, 0.717) is 0 Å². The highest BCUT2D eigenvalue weighted by molar-refractivity contribution is 8.00. The molecule has 1 heterocycles. The molecular weight excluding hydrogens is 216 g/mol. The van der Waals surface area contributed by atoms with Gasteiger partial charge in [-0.1, -0.05) is 19.1 Å². The fourth-order valence-electron chi connectivity index (χ4n) is 1.33. The minimum atomic E-state index is 1.02. The number of hydrogen-bond donors (Lipinski definition) is 1. The molecule has 82 valence electrons. The molecule has 0 atom stereocenters. The third kappa shape index (κ3) is 3.00. The summed E-state index contributed by atoms with van der Waals surface area (Å²) in [5.41, 5.74) is 2.39. The number of aryl methyl sites for hydroxylation is 1. The van der Waals surface area contributed by atoms with Crippen molar-refractivity contribution >= 4 is 17.6 Å². The van der Waals surface area contributed by atoms with Gasteiger partial charge < -0.3 is 4.72 Å². The van der Waals surface area contributed by atoms with E-state index in [1.54, 1.807) is 18.1 Å². The number of benzene rings is 1. The Bertz CT molecular complexity index is 425. The summed E-state index contributed by atoms with van der Waals surface area (Å²) in [6.07, 6.45) is 4.67. The van der Waals surface area contributed by atoms with Gasteiger partial charge in [-0.25, -0.2) is 0 Å². The predicted molar refractivity (Wildman–Crippen MR) is 69.5 cm³/mol. The molecule has 2 nitrogen and oxygen atoms in total. The summed E-state index contributed by atoms with van der Waals surface area (Å²) in [7, 11) is 0. The second-order valence-corrected chi connectivity index (χ2v) is 4.32. The molecule has 0 aliphatic rings. The smallest absolute Gasteiger partial charge is 0.0628 e. The zero-order valence-electron chi connectivity index (χ0n) is 9.18. The Kier molecular flexibility index (Phi) is 3.83. The molecule has 0 unspecified atom stereocenters. The number of nitrogens with one attached hydrogen (secondary N) is 1. The first-order valence-corrected chi connectivity index (χ1v) is 6.12. The molecule has 0 saturated carbocycles. The van der Waals surface area contributed by atoms with Crippen molar-refractivity contribution < 1.29 is 0 Å². The molecule has 1 aromatic carbocycles. The molecule has 0 radical (unpaired) electrons. The van der Waals surface area contributed by atoms with Crippen LogP contribution in [0, 0.1) is 0 Å². The maximum absolute atomic E-state index is 4.05. The van der Waals surface area contributed by atoms with Crippen molar-refractivity contribution in [3.63, 3.8) is 0 Å². The van der Waals surface area contributed by atoms with E-state index < -0.39 is 0 Å². The standard InChI is InChI=1S/C13H14N2S/c1-2-11-5-7-13(8-6-11)16-15-12-4-3-9-14-10-12/h3-10,15H,2H2,1H3. The summed E-state index contributed by atoms with van der Waals surface area (Å²) in [4.78, 5) is 5.26. The molecule has 0 aliphatic heterocycles. The van der Waals surface area contributed by atoms with Gasteiger partial charge in [-0.2, -0.15) is 0 Å². The number of hydrogen-bond acceptors (Lipinski definition) is 3. The number of nitrogens with zero attached hydrogens (tertiary/aromatic N) is 1. The number of pyridine rings is 1. The molecule has 1 N–H and O–H groups in total. The molecule has 0 spiro atoms. The van der Waals surface area contributed by atoms with Crippen LogP contribution in [0.2, 0.25) is 0 Å². The lowest BCUT2D eigenvalue weighted by molar-refractivity contribution is 1.13. The number of aromatic nitrogens is 1. The Labute approximate surface area is 100 Å². The minimum Gasteiger partial charge on any atom is -0.324 e. The van der Waals surface area contributed by atoms with Crippen molar-refractivity contribution in [2.24, 2.45) is 0 Å². The molecule has 1 aromatic heterocycles. The minimum absolute atomic E-state index is 1.02. The first-order valence-electron chi connectivity index (χ1n) is 5.30. The van der Waals surface area contributed by atoms with E-state index in [1.807, 2.05) is 18.3 Å². The maximum atomic E-state index is 4.05. The third-order valence-electron chi connectivity index (χ3n) is 2.28. The molecule has 0 amide bonds. The zero-order valence-corrected chi connectivity index (χ0v) is 10.00. The van der Waals surface area contributed by atoms with Crippen molar-refractivity contribution in [3.05, 3.63) is 54.4 Å². The van der Waals surface area contributed by atoms with E-state index >= 15 is 0 Å². The monoisotopic (exact) mass is 230 g/mol. The van der Waals surface area contributed by atoms with Gasteiger partial charge in [-0.3, -0.25) is 4.98 Å². The van der Waals surface area contributed by atoms with Crippen LogP contribution in [-0.4, -0.2) is 4.98 Å². The summed E-state index contributed by atoms with van der Waals surface area (Å²) in [5, 5.41) is 0. The topological polar surface area (TPSA) is 24.9 Å². The van der Waals surface area contributed by atoms with E-state index in [1.165, 1.54) is 10.5 Å². The van der Waals surface area contributed by atoms with Gasteiger partial charge in [0.2, 0.25) is 0 Å². The lowest BCUT2D eigenvalue weighted by atomic mass is 10.2. The Morgan fingerprint density at radius 2 is 2.00 bits per heavy atom. The van der Waals surface area contributed by atoms with Gasteiger partial charge in [0.15, 0.2) is 0 Å². The Hall–Kier alpha value is -1.48. The second-order valence-electron chi connectivity index (χ2n) is 3.44. The van der Waals surface area contributed by atoms with Gasteiger partial charge in [-0.15, -0.1) is 0 Å². The van der Waals surface area contributed by atoms with Gasteiger partial charge in [0.1, 0.15) is 0 Å². The Morgan fingerprint density at radius 3 is 2.62 bits per heavy atom. The van der Waals surface area contributed by atoms with Crippen LogP contribution in [0.3, 0.4) is 0 Å². The van der Waals surface area contributed by atoms with Crippen molar-refractivity contribution in [3.8, 4) is 0 Å².